The molecule has 1 saturated heterocycles. The van der Waals surface area contributed by atoms with E-state index in [1.165, 1.54) is 24.7 Å². The van der Waals surface area contributed by atoms with Crippen molar-refractivity contribution in [1.29, 1.82) is 0 Å². The van der Waals surface area contributed by atoms with Crippen molar-refractivity contribution in [2.24, 2.45) is 5.92 Å². The molecule has 0 saturated carbocycles. The lowest BCUT2D eigenvalue weighted by atomic mass is 9.99. The summed E-state index contributed by atoms with van der Waals surface area (Å²) in [6.07, 6.45) is 2.58. The van der Waals surface area contributed by atoms with Crippen molar-refractivity contribution >= 4 is 15.9 Å². The zero-order valence-corrected chi connectivity index (χ0v) is 10.7. The summed E-state index contributed by atoms with van der Waals surface area (Å²) in [7, 11) is -0.262. The van der Waals surface area contributed by atoms with Gasteiger partial charge in [-0.25, -0.2) is 17.8 Å². The zero-order valence-electron chi connectivity index (χ0n) is 9.84. The Morgan fingerprint density at radius 2 is 2.12 bits per heavy atom. The average Bonchev–Trinajstić information content (AvgIpc) is 2.26. The molecule has 16 heavy (non-hydrogen) atoms. The van der Waals surface area contributed by atoms with Crippen LogP contribution in [0.3, 0.4) is 0 Å². The first-order chi connectivity index (χ1) is 7.36. The first kappa shape index (κ1) is 13.4. The van der Waals surface area contributed by atoms with Gasteiger partial charge in [-0.3, -0.25) is 9.63 Å². The van der Waals surface area contributed by atoms with Crippen LogP contribution in [0.2, 0.25) is 0 Å². The molecular weight excluding hydrogens is 232 g/mol. The molecule has 1 amide bonds. The third-order valence-corrected chi connectivity index (χ3v) is 4.06. The van der Waals surface area contributed by atoms with Crippen LogP contribution in [0.5, 0.6) is 0 Å². The second kappa shape index (κ2) is 5.11. The fraction of sp³-hybridized carbons (Fsp3) is 0.889. The summed E-state index contributed by atoms with van der Waals surface area (Å²) in [6.45, 7) is 0.755. The van der Waals surface area contributed by atoms with Gasteiger partial charge in [0.1, 0.15) is 0 Å². The zero-order chi connectivity index (χ0) is 12.3. The summed E-state index contributed by atoms with van der Waals surface area (Å²) >= 11 is 0. The molecule has 0 aromatic heterocycles. The highest BCUT2D eigenvalue weighted by Crippen LogP contribution is 2.20. The van der Waals surface area contributed by atoms with Gasteiger partial charge in [0, 0.05) is 20.1 Å². The topological polar surface area (TPSA) is 66.9 Å². The van der Waals surface area contributed by atoms with E-state index in [4.69, 9.17) is 4.84 Å². The lowest BCUT2D eigenvalue weighted by Gasteiger charge is -2.31. The Kier molecular flexibility index (Phi) is 4.28. The summed E-state index contributed by atoms with van der Waals surface area (Å²) in [5, 5.41) is 1.15. The molecular formula is C9H18N2O4S. The van der Waals surface area contributed by atoms with Crippen molar-refractivity contribution in [3.63, 3.8) is 0 Å². The maximum atomic E-state index is 11.8. The summed E-state index contributed by atoms with van der Waals surface area (Å²) in [5.41, 5.74) is 0. The van der Waals surface area contributed by atoms with E-state index in [-0.39, 0.29) is 18.4 Å². The van der Waals surface area contributed by atoms with E-state index < -0.39 is 10.0 Å². The van der Waals surface area contributed by atoms with Gasteiger partial charge in [0.15, 0.2) is 0 Å². The third kappa shape index (κ3) is 3.16. The number of sulfonamides is 1. The maximum Gasteiger partial charge on any atom is 0.250 e. The van der Waals surface area contributed by atoms with Gasteiger partial charge < -0.3 is 0 Å². The number of nitrogens with zero attached hydrogens (tertiary/aromatic N) is 2. The number of carbonyl (C=O) groups is 1. The fourth-order valence-electron chi connectivity index (χ4n) is 1.79. The highest BCUT2D eigenvalue weighted by molar-refractivity contribution is 7.88. The van der Waals surface area contributed by atoms with Crippen LogP contribution in [-0.4, -0.2) is 57.2 Å². The highest BCUT2D eigenvalue weighted by Gasteiger charge is 2.31. The fourth-order valence-corrected chi connectivity index (χ4v) is 2.70. The van der Waals surface area contributed by atoms with Crippen LogP contribution in [-0.2, 0) is 19.7 Å². The first-order valence-corrected chi connectivity index (χ1v) is 6.98. The van der Waals surface area contributed by atoms with Gasteiger partial charge >= 0.3 is 0 Å². The molecule has 94 valence electrons. The van der Waals surface area contributed by atoms with Crippen LogP contribution >= 0.6 is 0 Å². The molecule has 1 unspecified atom stereocenters. The van der Waals surface area contributed by atoms with E-state index >= 15 is 0 Å². The van der Waals surface area contributed by atoms with Crippen molar-refractivity contribution in [1.82, 2.24) is 9.37 Å². The molecule has 1 rings (SSSR count). The molecule has 0 aromatic rings. The van der Waals surface area contributed by atoms with Gasteiger partial charge in [0.2, 0.25) is 15.9 Å². The minimum atomic E-state index is -3.20. The standard InChI is InChI=1S/C9H18N2O4S/c1-10(15-2)9(12)8-5-4-6-11(7-8)16(3,13)14/h8H,4-7H2,1-3H3. The Morgan fingerprint density at radius 1 is 1.50 bits per heavy atom. The molecule has 0 aliphatic carbocycles. The molecule has 0 bridgehead atoms. The molecule has 1 aliphatic rings. The molecule has 0 N–H and O–H groups in total. The van der Waals surface area contributed by atoms with E-state index in [0.717, 1.165) is 5.06 Å². The van der Waals surface area contributed by atoms with E-state index in [2.05, 4.69) is 0 Å². The van der Waals surface area contributed by atoms with Crippen LogP contribution in [0.15, 0.2) is 0 Å². The number of carbonyl (C=O) groups excluding carboxylic acids is 1. The number of hydrogen-bond donors (Lipinski definition) is 0. The molecule has 7 heteroatoms. The molecule has 0 aromatic carbocycles. The summed E-state index contributed by atoms with van der Waals surface area (Å²) < 4.78 is 24.1. The first-order valence-electron chi connectivity index (χ1n) is 5.13. The Labute approximate surface area is 96.2 Å². The van der Waals surface area contributed by atoms with Crippen LogP contribution in [0.4, 0.5) is 0 Å². The highest BCUT2D eigenvalue weighted by atomic mass is 32.2. The summed E-state index contributed by atoms with van der Waals surface area (Å²) in [4.78, 5) is 16.6. The second-order valence-corrected chi connectivity index (χ2v) is 5.96. The lowest BCUT2D eigenvalue weighted by Crippen LogP contribution is -2.45. The largest absolute Gasteiger partial charge is 0.275 e. The van der Waals surface area contributed by atoms with Crippen LogP contribution < -0.4 is 0 Å². The second-order valence-electron chi connectivity index (χ2n) is 3.98. The molecule has 0 radical (unpaired) electrons. The number of piperidine rings is 1. The number of rotatable bonds is 3. The third-order valence-electron chi connectivity index (χ3n) is 2.79. The summed E-state index contributed by atoms with van der Waals surface area (Å²) in [5.74, 6) is -0.468. The van der Waals surface area contributed by atoms with Crippen molar-refractivity contribution in [3.05, 3.63) is 0 Å². The molecule has 1 atom stereocenters. The van der Waals surface area contributed by atoms with E-state index in [1.54, 1.807) is 0 Å². The van der Waals surface area contributed by atoms with Crippen molar-refractivity contribution < 1.29 is 18.0 Å². The molecule has 0 spiro atoms. The Morgan fingerprint density at radius 3 is 2.62 bits per heavy atom. The van der Waals surface area contributed by atoms with Gasteiger partial charge in [-0.1, -0.05) is 0 Å². The predicted octanol–water partition coefficient (Wildman–Crippen LogP) is -0.322. The number of hydrogen-bond acceptors (Lipinski definition) is 4. The summed E-state index contributed by atoms with van der Waals surface area (Å²) in [6, 6.07) is 0. The van der Waals surface area contributed by atoms with Crippen LogP contribution in [0, 0.1) is 5.92 Å². The average molecular weight is 250 g/mol. The monoisotopic (exact) mass is 250 g/mol. The number of hydroxylamine groups is 2. The SMILES string of the molecule is CON(C)C(=O)C1CCCN(S(C)(=O)=O)C1. The van der Waals surface area contributed by atoms with E-state index in [1.807, 2.05) is 0 Å². The minimum absolute atomic E-state index is 0.171. The molecule has 1 aliphatic heterocycles. The van der Waals surface area contributed by atoms with Crippen molar-refractivity contribution in [2.45, 2.75) is 12.8 Å². The molecule has 1 heterocycles. The van der Waals surface area contributed by atoms with E-state index in [0.29, 0.717) is 19.4 Å². The lowest BCUT2D eigenvalue weighted by molar-refractivity contribution is -0.174. The van der Waals surface area contributed by atoms with Crippen LogP contribution in [0.25, 0.3) is 0 Å². The maximum absolute atomic E-state index is 11.8. The molecule has 6 nitrogen and oxygen atoms in total. The van der Waals surface area contributed by atoms with Crippen LogP contribution in [0.1, 0.15) is 12.8 Å². The molecule has 1 fully saturated rings. The Hall–Kier alpha value is -0.660. The minimum Gasteiger partial charge on any atom is -0.275 e. The Balaban J connectivity index is 2.68. The Bertz CT molecular complexity index is 355. The quantitative estimate of drug-likeness (QED) is 0.644. The smallest absolute Gasteiger partial charge is 0.250 e. The number of amides is 1. The van der Waals surface area contributed by atoms with E-state index in [9.17, 15) is 13.2 Å². The van der Waals surface area contributed by atoms with Gasteiger partial charge in [-0.05, 0) is 12.8 Å². The van der Waals surface area contributed by atoms with Crippen molar-refractivity contribution in [2.75, 3.05) is 33.5 Å². The van der Waals surface area contributed by atoms with Gasteiger partial charge in [0.05, 0.1) is 19.3 Å². The van der Waals surface area contributed by atoms with Crippen molar-refractivity contribution in [3.8, 4) is 0 Å². The predicted molar refractivity (Wildman–Crippen MR) is 58.9 cm³/mol. The van der Waals surface area contributed by atoms with Gasteiger partial charge in [-0.15, -0.1) is 0 Å². The normalized spacial score (nSPS) is 23.1. The van der Waals surface area contributed by atoms with Gasteiger partial charge in [-0.2, -0.15) is 0 Å². The van der Waals surface area contributed by atoms with Gasteiger partial charge in [0.25, 0.3) is 0 Å².